The number of hydrogen-bond acceptors (Lipinski definition) is 3. The van der Waals surface area contributed by atoms with Crippen LogP contribution in [0.3, 0.4) is 0 Å². The first-order chi connectivity index (χ1) is 12.9. The van der Waals surface area contributed by atoms with Gasteiger partial charge in [-0.05, 0) is 49.1 Å². The summed E-state index contributed by atoms with van der Waals surface area (Å²) in [4.78, 5) is 16.4. The summed E-state index contributed by atoms with van der Waals surface area (Å²) in [6.45, 7) is 9.92. The number of pyridine rings is 1. The van der Waals surface area contributed by atoms with Crippen molar-refractivity contribution in [2.75, 3.05) is 6.61 Å². The van der Waals surface area contributed by atoms with Gasteiger partial charge in [-0.2, -0.15) is 13.2 Å². The van der Waals surface area contributed by atoms with E-state index in [0.29, 0.717) is 5.56 Å². The zero-order chi connectivity index (χ0) is 21.2. The van der Waals surface area contributed by atoms with Gasteiger partial charge in [-0.15, -0.1) is 0 Å². The average Bonchev–Trinajstić information content (AvgIpc) is 2.58. The van der Waals surface area contributed by atoms with Gasteiger partial charge in [0.15, 0.2) is 6.61 Å². The van der Waals surface area contributed by atoms with Crippen LogP contribution in [0.5, 0.6) is 5.88 Å². The van der Waals surface area contributed by atoms with Crippen LogP contribution in [-0.2, 0) is 4.79 Å². The normalized spacial score (nSPS) is 12.9. The van der Waals surface area contributed by atoms with E-state index in [1.165, 1.54) is 6.20 Å². The Labute approximate surface area is 163 Å². The van der Waals surface area contributed by atoms with Crippen molar-refractivity contribution in [2.24, 2.45) is 5.92 Å². The van der Waals surface area contributed by atoms with Gasteiger partial charge in [0.2, 0.25) is 5.88 Å². The van der Waals surface area contributed by atoms with E-state index in [1.54, 1.807) is 13.0 Å². The molecule has 0 saturated heterocycles. The lowest BCUT2D eigenvalue weighted by molar-refractivity contribution is -0.154. The van der Waals surface area contributed by atoms with Crippen LogP contribution in [0.1, 0.15) is 48.9 Å². The van der Waals surface area contributed by atoms with Crippen LogP contribution in [0, 0.1) is 26.7 Å². The van der Waals surface area contributed by atoms with Crippen molar-refractivity contribution in [3.8, 4) is 17.0 Å². The number of Topliss-reactive ketones (excluding diaryl/α,β-unsaturated/α-hetero) is 1. The third kappa shape index (κ3) is 5.12. The lowest BCUT2D eigenvalue weighted by atomic mass is 9.86. The molecule has 2 rings (SSSR count). The molecule has 6 heteroatoms. The molecule has 1 aromatic carbocycles. The molecule has 0 spiro atoms. The van der Waals surface area contributed by atoms with E-state index in [0.717, 1.165) is 27.8 Å². The number of halogens is 3. The minimum Gasteiger partial charge on any atom is -0.468 e. The topological polar surface area (TPSA) is 39.2 Å². The molecule has 0 saturated carbocycles. The first-order valence-electron chi connectivity index (χ1n) is 9.22. The van der Waals surface area contributed by atoms with Crippen molar-refractivity contribution in [3.05, 3.63) is 46.6 Å². The number of alkyl halides is 3. The van der Waals surface area contributed by atoms with Crippen molar-refractivity contribution in [1.29, 1.82) is 0 Å². The number of aromatic nitrogens is 1. The molecule has 0 bridgehead atoms. The molecular weight excluding hydrogens is 367 g/mol. The molecule has 0 aliphatic heterocycles. The van der Waals surface area contributed by atoms with Crippen molar-refractivity contribution in [2.45, 2.75) is 53.6 Å². The smallest absolute Gasteiger partial charge is 0.422 e. The minimum atomic E-state index is -4.40. The monoisotopic (exact) mass is 393 g/mol. The van der Waals surface area contributed by atoms with E-state index >= 15 is 0 Å². The van der Waals surface area contributed by atoms with Gasteiger partial charge in [0.1, 0.15) is 5.78 Å². The summed E-state index contributed by atoms with van der Waals surface area (Å²) in [5.74, 6) is -0.0600. The Bertz CT molecular complexity index is 850. The second kappa shape index (κ2) is 8.33. The lowest BCUT2D eigenvalue weighted by Gasteiger charge is -2.18. The highest BCUT2D eigenvalue weighted by molar-refractivity contribution is 5.87. The average molecular weight is 393 g/mol. The zero-order valence-electron chi connectivity index (χ0n) is 17.1. The third-order valence-electron chi connectivity index (χ3n) is 4.74. The van der Waals surface area contributed by atoms with Gasteiger partial charge in [0.05, 0.1) is 0 Å². The molecule has 1 unspecified atom stereocenters. The molecule has 2 aromatic rings. The Balaban J connectivity index is 2.35. The number of benzene rings is 1. The molecule has 28 heavy (non-hydrogen) atoms. The zero-order valence-corrected chi connectivity index (χ0v) is 17.1. The molecule has 1 aromatic heterocycles. The molecule has 0 aliphatic rings. The summed E-state index contributed by atoms with van der Waals surface area (Å²) in [6, 6.07) is 5.77. The Morgan fingerprint density at radius 1 is 1.04 bits per heavy atom. The van der Waals surface area contributed by atoms with Crippen molar-refractivity contribution < 1.29 is 22.7 Å². The summed E-state index contributed by atoms with van der Waals surface area (Å²) in [7, 11) is 0. The van der Waals surface area contributed by atoms with E-state index in [-0.39, 0.29) is 23.5 Å². The van der Waals surface area contributed by atoms with Gasteiger partial charge >= 0.3 is 6.18 Å². The van der Waals surface area contributed by atoms with Crippen molar-refractivity contribution in [3.63, 3.8) is 0 Å². The number of ether oxygens (including phenoxy) is 1. The molecule has 0 radical (unpaired) electrons. The molecule has 1 atom stereocenters. The van der Waals surface area contributed by atoms with E-state index in [2.05, 4.69) is 4.98 Å². The van der Waals surface area contributed by atoms with E-state index in [1.807, 2.05) is 46.8 Å². The predicted molar refractivity (Wildman–Crippen MR) is 104 cm³/mol. The van der Waals surface area contributed by atoms with Gasteiger partial charge in [-0.1, -0.05) is 32.9 Å². The highest BCUT2D eigenvalue weighted by Crippen LogP contribution is 2.33. The van der Waals surface area contributed by atoms with Crippen LogP contribution in [0.4, 0.5) is 13.2 Å². The molecule has 1 heterocycles. The van der Waals surface area contributed by atoms with Crippen LogP contribution in [0.25, 0.3) is 11.1 Å². The van der Waals surface area contributed by atoms with Crippen LogP contribution >= 0.6 is 0 Å². The van der Waals surface area contributed by atoms with Gasteiger partial charge in [-0.25, -0.2) is 4.98 Å². The first kappa shape index (κ1) is 21.9. The van der Waals surface area contributed by atoms with E-state index < -0.39 is 12.8 Å². The Morgan fingerprint density at radius 2 is 1.61 bits per heavy atom. The highest BCUT2D eigenvalue weighted by atomic mass is 19.4. The largest absolute Gasteiger partial charge is 0.468 e. The Kier molecular flexibility index (Phi) is 6.52. The van der Waals surface area contributed by atoms with Crippen LogP contribution in [-0.4, -0.2) is 23.6 Å². The molecule has 152 valence electrons. The summed E-state index contributed by atoms with van der Waals surface area (Å²) >= 11 is 0. The van der Waals surface area contributed by atoms with Gasteiger partial charge < -0.3 is 4.74 Å². The minimum absolute atomic E-state index is 0.0239. The maximum atomic E-state index is 12.4. The molecule has 0 fully saturated rings. The van der Waals surface area contributed by atoms with Crippen molar-refractivity contribution in [1.82, 2.24) is 4.98 Å². The second-order valence-corrected chi connectivity index (χ2v) is 7.56. The second-order valence-electron chi connectivity index (χ2n) is 7.56. The fraction of sp³-hybridized carbons (Fsp3) is 0.455. The highest BCUT2D eigenvalue weighted by Gasteiger charge is 2.29. The third-order valence-corrected chi connectivity index (χ3v) is 4.74. The van der Waals surface area contributed by atoms with Gasteiger partial charge in [-0.3, -0.25) is 4.79 Å². The fourth-order valence-corrected chi connectivity index (χ4v) is 3.37. The SMILES string of the molecule is Cc1cc(-c2c(C)cc(C(C)C(=O)C(C)C)cc2C)cnc1OCC(F)(F)F. The summed E-state index contributed by atoms with van der Waals surface area (Å²) in [5, 5.41) is 0. The number of carbonyl (C=O) groups excluding carboxylic acids is 1. The number of hydrogen-bond donors (Lipinski definition) is 0. The van der Waals surface area contributed by atoms with E-state index in [4.69, 9.17) is 4.74 Å². The van der Waals surface area contributed by atoms with E-state index in [9.17, 15) is 18.0 Å². The Hall–Kier alpha value is -2.37. The first-order valence-corrected chi connectivity index (χ1v) is 9.22. The van der Waals surface area contributed by atoms with Crippen LogP contribution in [0.15, 0.2) is 24.4 Å². The fourth-order valence-electron chi connectivity index (χ4n) is 3.37. The standard InChI is InChI=1S/C22H26F3NO2/c1-12(2)20(27)16(6)17-7-13(3)19(14(4)8-17)18-9-15(5)21(26-10-18)28-11-22(23,24)25/h7-10,12,16H,11H2,1-6H3. The maximum Gasteiger partial charge on any atom is 0.422 e. The lowest BCUT2D eigenvalue weighted by Crippen LogP contribution is -2.20. The van der Waals surface area contributed by atoms with Gasteiger partial charge in [0, 0.05) is 29.2 Å². The molecule has 0 aliphatic carbocycles. The number of carbonyl (C=O) groups is 1. The summed E-state index contributed by atoms with van der Waals surface area (Å²) in [6.07, 6.45) is -2.88. The quantitative estimate of drug-likeness (QED) is 0.609. The number of aryl methyl sites for hydroxylation is 3. The summed E-state index contributed by atoms with van der Waals surface area (Å²) < 4.78 is 41.8. The van der Waals surface area contributed by atoms with Gasteiger partial charge in [0.25, 0.3) is 0 Å². The molecule has 0 amide bonds. The number of rotatable bonds is 6. The van der Waals surface area contributed by atoms with Crippen LogP contribution < -0.4 is 4.74 Å². The molecule has 3 nitrogen and oxygen atoms in total. The van der Waals surface area contributed by atoms with Crippen molar-refractivity contribution >= 4 is 5.78 Å². The maximum absolute atomic E-state index is 12.4. The number of nitrogens with zero attached hydrogens (tertiary/aromatic N) is 1. The molecular formula is C22H26F3NO2. The Morgan fingerprint density at radius 3 is 2.07 bits per heavy atom. The molecule has 0 N–H and O–H groups in total. The van der Waals surface area contributed by atoms with Crippen LogP contribution in [0.2, 0.25) is 0 Å². The summed E-state index contributed by atoms with van der Waals surface area (Å²) in [5.41, 5.74) is 5.25. The number of ketones is 1. The predicted octanol–water partition coefficient (Wildman–Crippen LogP) is 5.94.